The minimum absolute atomic E-state index is 0.0293. The lowest BCUT2D eigenvalue weighted by Gasteiger charge is -2.33. The van der Waals surface area contributed by atoms with E-state index >= 15 is 0 Å². The molecule has 0 aromatic heterocycles. The summed E-state index contributed by atoms with van der Waals surface area (Å²) >= 11 is 0. The Morgan fingerprint density at radius 1 is 0.773 bits per heavy atom. The third-order valence-corrected chi connectivity index (χ3v) is 2.59. The van der Waals surface area contributed by atoms with Gasteiger partial charge in [-0.3, -0.25) is 10.1 Å². The van der Waals surface area contributed by atoms with E-state index in [0.717, 1.165) is 0 Å². The summed E-state index contributed by atoms with van der Waals surface area (Å²) in [7, 11) is 0. The molecule has 3 nitrogen and oxygen atoms in total. The highest BCUT2D eigenvalue weighted by molar-refractivity contribution is 5.36. The van der Waals surface area contributed by atoms with Crippen LogP contribution in [0, 0.1) is 10.1 Å². The Hall–Kier alpha value is -2.01. The minimum Gasteiger partial charge on any atom is -0.258 e. The van der Waals surface area contributed by atoms with Crippen molar-refractivity contribution in [3.05, 3.63) is 39.9 Å². The van der Waals surface area contributed by atoms with E-state index in [0.29, 0.717) is 0 Å². The molecule has 124 valence electrons. The summed E-state index contributed by atoms with van der Waals surface area (Å²) in [5.41, 5.74) is -2.77. The van der Waals surface area contributed by atoms with Crippen LogP contribution >= 0.6 is 0 Å². The highest BCUT2D eigenvalue weighted by Gasteiger charge is 2.82. The fourth-order valence-electron chi connectivity index (χ4n) is 1.35. The van der Waals surface area contributed by atoms with Crippen molar-refractivity contribution in [3.63, 3.8) is 0 Å². The zero-order valence-corrected chi connectivity index (χ0v) is 9.97. The molecule has 0 radical (unpaired) electrons. The summed E-state index contributed by atoms with van der Waals surface area (Å²) in [5, 5.41) is 10.3. The molecular formula is C10H4F9NO2. The van der Waals surface area contributed by atoms with E-state index in [2.05, 4.69) is 0 Å². The number of hydrogen-bond acceptors (Lipinski definition) is 2. The van der Waals surface area contributed by atoms with E-state index in [1.807, 2.05) is 0 Å². The Kier molecular flexibility index (Phi) is 4.12. The molecule has 0 aliphatic carbocycles. The molecule has 1 rings (SSSR count). The van der Waals surface area contributed by atoms with E-state index in [4.69, 9.17) is 0 Å². The second-order valence-electron chi connectivity index (χ2n) is 4.02. The maximum atomic E-state index is 13.4. The molecule has 0 saturated heterocycles. The number of halogens is 9. The van der Waals surface area contributed by atoms with E-state index in [1.165, 1.54) is 0 Å². The summed E-state index contributed by atoms with van der Waals surface area (Å²) in [6.45, 7) is 0. The number of rotatable bonds is 4. The largest absolute Gasteiger partial charge is 0.460 e. The third kappa shape index (κ3) is 2.57. The van der Waals surface area contributed by atoms with Crippen LogP contribution < -0.4 is 0 Å². The number of benzene rings is 1. The van der Waals surface area contributed by atoms with Crippen LogP contribution in [0.15, 0.2) is 24.3 Å². The van der Waals surface area contributed by atoms with Gasteiger partial charge < -0.3 is 0 Å². The molecule has 1 aromatic rings. The van der Waals surface area contributed by atoms with Crippen LogP contribution in [0.25, 0.3) is 0 Å². The van der Waals surface area contributed by atoms with Crippen molar-refractivity contribution in [3.8, 4) is 0 Å². The third-order valence-electron chi connectivity index (χ3n) is 2.59. The fourth-order valence-corrected chi connectivity index (χ4v) is 1.35. The van der Waals surface area contributed by atoms with Gasteiger partial charge in [0, 0.05) is 17.7 Å². The second kappa shape index (κ2) is 5.02. The fraction of sp³-hybridized carbons (Fsp3) is 0.400. The first-order valence-electron chi connectivity index (χ1n) is 5.11. The van der Waals surface area contributed by atoms with Crippen molar-refractivity contribution in [1.29, 1.82) is 0 Å². The smallest absolute Gasteiger partial charge is 0.258 e. The van der Waals surface area contributed by atoms with Crippen LogP contribution in [-0.4, -0.2) is 22.9 Å². The first kappa shape index (κ1) is 18.0. The van der Waals surface area contributed by atoms with Gasteiger partial charge in [0.05, 0.1) is 4.92 Å². The highest BCUT2D eigenvalue weighted by Crippen LogP contribution is 2.56. The summed E-state index contributed by atoms with van der Waals surface area (Å²) < 4.78 is 114. The van der Waals surface area contributed by atoms with Crippen LogP contribution in [0.5, 0.6) is 0 Å². The van der Waals surface area contributed by atoms with Crippen LogP contribution in [0.1, 0.15) is 5.56 Å². The van der Waals surface area contributed by atoms with E-state index < -0.39 is 40.1 Å². The second-order valence-corrected chi connectivity index (χ2v) is 4.02. The predicted octanol–water partition coefficient (Wildman–Crippen LogP) is 4.52. The van der Waals surface area contributed by atoms with Crippen LogP contribution in [-0.2, 0) is 5.92 Å². The van der Waals surface area contributed by atoms with Crippen molar-refractivity contribution in [1.82, 2.24) is 0 Å². The van der Waals surface area contributed by atoms with E-state index in [1.54, 1.807) is 0 Å². The van der Waals surface area contributed by atoms with Gasteiger partial charge in [-0.1, -0.05) is 0 Å². The van der Waals surface area contributed by atoms with Crippen LogP contribution in [0.2, 0.25) is 0 Å². The van der Waals surface area contributed by atoms with Gasteiger partial charge in [0.25, 0.3) is 5.69 Å². The number of hydrogen-bond donors (Lipinski definition) is 0. The molecule has 0 fully saturated rings. The lowest BCUT2D eigenvalue weighted by molar-refractivity contribution is -0.399. The number of nitro benzene ring substituents is 1. The van der Waals surface area contributed by atoms with Gasteiger partial charge in [-0.05, 0) is 12.1 Å². The molecule has 0 aliphatic heterocycles. The molecule has 12 heteroatoms. The monoisotopic (exact) mass is 341 g/mol. The first-order valence-corrected chi connectivity index (χ1v) is 5.11. The normalized spacial score (nSPS) is 14.0. The lowest BCUT2D eigenvalue weighted by atomic mass is 9.96. The zero-order valence-electron chi connectivity index (χ0n) is 9.97. The SMILES string of the molecule is O=[N+]([O-])c1ccc(C(F)(F)C(F)(F)C(F)(F)C(F)(F)F)cc1. The molecule has 0 bridgehead atoms. The van der Waals surface area contributed by atoms with Gasteiger partial charge in [0.1, 0.15) is 0 Å². The van der Waals surface area contributed by atoms with Gasteiger partial charge in [-0.15, -0.1) is 0 Å². The number of non-ortho nitro benzene ring substituents is 1. The van der Waals surface area contributed by atoms with Gasteiger partial charge in [-0.25, -0.2) is 0 Å². The molecule has 0 saturated carbocycles. The van der Waals surface area contributed by atoms with E-state index in [-0.39, 0.29) is 24.3 Å². The first-order chi connectivity index (χ1) is 9.66. The zero-order chi connectivity index (χ0) is 17.6. The Balaban J connectivity index is 3.35. The average molecular weight is 341 g/mol. The summed E-state index contributed by atoms with van der Waals surface area (Å²) in [6, 6.07) is 0.479. The Morgan fingerprint density at radius 2 is 1.18 bits per heavy atom. The maximum absolute atomic E-state index is 13.4. The number of alkyl halides is 9. The number of nitro groups is 1. The van der Waals surface area contributed by atoms with Gasteiger partial charge in [0.2, 0.25) is 0 Å². The van der Waals surface area contributed by atoms with Crippen molar-refractivity contribution < 1.29 is 44.4 Å². The van der Waals surface area contributed by atoms with Crippen molar-refractivity contribution in [2.75, 3.05) is 0 Å². The van der Waals surface area contributed by atoms with Crippen molar-refractivity contribution in [2.24, 2.45) is 0 Å². The standard InChI is InChI=1S/C10H4F9NO2/c11-7(12,5-1-3-6(4-2-5)20(21)22)8(13,14)9(15,16)10(17,18)19/h1-4H. The van der Waals surface area contributed by atoms with Gasteiger partial charge in [0.15, 0.2) is 0 Å². The number of nitrogens with zero attached hydrogens (tertiary/aromatic N) is 1. The Morgan fingerprint density at radius 3 is 1.50 bits per heavy atom. The molecule has 0 unspecified atom stereocenters. The van der Waals surface area contributed by atoms with Crippen molar-refractivity contribution in [2.45, 2.75) is 23.9 Å². The summed E-state index contributed by atoms with van der Waals surface area (Å²) in [5.74, 6) is -19.7. The molecule has 0 atom stereocenters. The average Bonchev–Trinajstić information content (AvgIpc) is 2.37. The van der Waals surface area contributed by atoms with Crippen LogP contribution in [0.4, 0.5) is 45.2 Å². The Labute approximate surface area is 115 Å². The predicted molar refractivity (Wildman–Crippen MR) is 52.9 cm³/mol. The molecule has 0 aliphatic rings. The molecule has 0 amide bonds. The van der Waals surface area contributed by atoms with Crippen molar-refractivity contribution >= 4 is 5.69 Å². The minimum atomic E-state index is -7.01. The van der Waals surface area contributed by atoms with Crippen LogP contribution in [0.3, 0.4) is 0 Å². The molecule has 22 heavy (non-hydrogen) atoms. The summed E-state index contributed by atoms with van der Waals surface area (Å²) in [4.78, 5) is 9.14. The lowest BCUT2D eigenvalue weighted by Crippen LogP contribution is -2.59. The maximum Gasteiger partial charge on any atom is 0.460 e. The molecule has 0 N–H and O–H groups in total. The van der Waals surface area contributed by atoms with Gasteiger partial charge in [-0.2, -0.15) is 39.5 Å². The quantitative estimate of drug-likeness (QED) is 0.459. The highest BCUT2D eigenvalue weighted by atomic mass is 19.4. The molecule has 1 aromatic carbocycles. The van der Waals surface area contributed by atoms with Gasteiger partial charge >= 0.3 is 23.9 Å². The topological polar surface area (TPSA) is 43.1 Å². The molecule has 0 spiro atoms. The molecule has 0 heterocycles. The molecular weight excluding hydrogens is 337 g/mol. The van der Waals surface area contributed by atoms with E-state index in [9.17, 15) is 49.6 Å². The Bertz CT molecular complexity index is 565. The summed E-state index contributed by atoms with van der Waals surface area (Å²) in [6.07, 6.45) is -6.92.